The number of hydrogen-bond donors (Lipinski definition) is 3. The molecule has 6 nitrogen and oxygen atoms in total. The molecule has 0 aliphatic heterocycles. The Kier molecular flexibility index (Phi) is 9.06. The molecule has 2 aromatic carbocycles. The third-order valence-electron chi connectivity index (χ3n) is 5.39. The number of aliphatic carboxylic acids is 1. The summed E-state index contributed by atoms with van der Waals surface area (Å²) >= 11 is 0. The van der Waals surface area contributed by atoms with Crippen LogP contribution in [0.1, 0.15) is 51.5 Å². The Bertz CT molecular complexity index is 862. The number of carboxylic acids is 1. The number of carbonyl (C=O) groups is 2. The lowest BCUT2D eigenvalue weighted by Crippen LogP contribution is -2.37. The molecule has 168 valence electrons. The molecule has 6 heteroatoms. The van der Waals surface area contributed by atoms with Gasteiger partial charge in [0.1, 0.15) is 0 Å². The zero-order valence-corrected chi connectivity index (χ0v) is 18.7. The molecule has 0 aliphatic rings. The van der Waals surface area contributed by atoms with Crippen molar-refractivity contribution in [3.8, 4) is 11.1 Å². The summed E-state index contributed by atoms with van der Waals surface area (Å²) in [4.78, 5) is 25.2. The van der Waals surface area contributed by atoms with Crippen molar-refractivity contribution >= 4 is 17.7 Å². The second kappa shape index (κ2) is 11.5. The van der Waals surface area contributed by atoms with Crippen molar-refractivity contribution < 1.29 is 19.8 Å². The molecular weight excluding hydrogens is 392 g/mol. The highest BCUT2D eigenvalue weighted by atomic mass is 16.4. The first-order valence-corrected chi connectivity index (χ1v) is 10.9. The summed E-state index contributed by atoms with van der Waals surface area (Å²) in [5, 5.41) is 22.0. The number of aliphatic hydroxyl groups is 1. The zero-order valence-electron chi connectivity index (χ0n) is 18.7. The van der Waals surface area contributed by atoms with Crippen LogP contribution in [0.25, 0.3) is 11.1 Å². The summed E-state index contributed by atoms with van der Waals surface area (Å²) in [6.07, 6.45) is 5.80. The van der Waals surface area contributed by atoms with E-state index in [1.165, 1.54) is 26.2 Å². The van der Waals surface area contributed by atoms with Crippen molar-refractivity contribution in [2.45, 2.75) is 58.0 Å². The Morgan fingerprint density at radius 1 is 1.00 bits per heavy atom. The predicted octanol–water partition coefficient (Wildman–Crippen LogP) is 4.85. The van der Waals surface area contributed by atoms with E-state index in [1.54, 1.807) is 11.9 Å². The van der Waals surface area contributed by atoms with Gasteiger partial charge in [0.25, 0.3) is 0 Å². The average Bonchev–Trinajstić information content (AvgIpc) is 2.75. The Morgan fingerprint density at radius 3 is 2.32 bits per heavy atom. The van der Waals surface area contributed by atoms with Crippen molar-refractivity contribution in [2.75, 3.05) is 18.5 Å². The Hall–Kier alpha value is -2.86. The third-order valence-corrected chi connectivity index (χ3v) is 5.39. The zero-order chi connectivity index (χ0) is 22.9. The van der Waals surface area contributed by atoms with Crippen molar-refractivity contribution in [3.05, 3.63) is 54.1 Å². The fourth-order valence-electron chi connectivity index (χ4n) is 3.34. The van der Waals surface area contributed by atoms with Crippen molar-refractivity contribution in [2.24, 2.45) is 0 Å². The van der Waals surface area contributed by atoms with Gasteiger partial charge in [-0.25, -0.2) is 9.59 Å². The van der Waals surface area contributed by atoms with E-state index in [4.69, 9.17) is 5.11 Å². The maximum Gasteiger partial charge on any atom is 0.335 e. The summed E-state index contributed by atoms with van der Waals surface area (Å²) in [7, 11) is 1.75. The molecule has 0 fully saturated rings. The largest absolute Gasteiger partial charge is 0.479 e. The number of unbranched alkanes of at least 4 members (excludes halogenated alkanes) is 4. The van der Waals surface area contributed by atoms with E-state index >= 15 is 0 Å². The molecule has 2 rings (SSSR count). The molecule has 2 amide bonds. The van der Waals surface area contributed by atoms with Crippen molar-refractivity contribution in [1.82, 2.24) is 5.32 Å². The van der Waals surface area contributed by atoms with Gasteiger partial charge in [0, 0.05) is 25.7 Å². The van der Waals surface area contributed by atoms with E-state index in [0.717, 1.165) is 35.2 Å². The van der Waals surface area contributed by atoms with Crippen LogP contribution in [0.15, 0.2) is 48.5 Å². The van der Waals surface area contributed by atoms with Gasteiger partial charge in [-0.05, 0) is 42.2 Å². The standard InChI is InChI=1S/C25H34N2O4/c1-4-5-6-7-8-16-26-24(30)27(3)22-11-9-10-21(17-22)20-14-12-19(13-15-20)18-25(2,31)23(28)29/h9-15,17,31H,4-8,16,18H2,1-3H3,(H,26,30)(H,28,29). The summed E-state index contributed by atoms with van der Waals surface area (Å²) in [5.41, 5.74) is 1.63. The van der Waals surface area contributed by atoms with Crippen LogP contribution in [0.3, 0.4) is 0 Å². The van der Waals surface area contributed by atoms with Gasteiger partial charge in [0.15, 0.2) is 5.60 Å². The molecular formula is C25H34N2O4. The first-order chi connectivity index (χ1) is 14.7. The predicted molar refractivity (Wildman–Crippen MR) is 124 cm³/mol. The number of nitrogens with one attached hydrogen (secondary N) is 1. The highest BCUT2D eigenvalue weighted by molar-refractivity contribution is 5.92. The van der Waals surface area contributed by atoms with Crippen LogP contribution in [0.5, 0.6) is 0 Å². The first-order valence-electron chi connectivity index (χ1n) is 10.9. The lowest BCUT2D eigenvalue weighted by atomic mass is 9.95. The van der Waals surface area contributed by atoms with Gasteiger partial charge in [-0.2, -0.15) is 0 Å². The Morgan fingerprint density at radius 2 is 1.68 bits per heavy atom. The van der Waals surface area contributed by atoms with Crippen LogP contribution in [-0.4, -0.2) is 41.4 Å². The van der Waals surface area contributed by atoms with Gasteiger partial charge in [0.2, 0.25) is 0 Å². The number of anilines is 1. The molecule has 0 aliphatic carbocycles. The van der Waals surface area contributed by atoms with Crippen LogP contribution in [0.4, 0.5) is 10.5 Å². The number of urea groups is 1. The molecule has 0 bridgehead atoms. The lowest BCUT2D eigenvalue weighted by Gasteiger charge is -2.19. The molecule has 31 heavy (non-hydrogen) atoms. The van der Waals surface area contributed by atoms with Crippen molar-refractivity contribution in [3.63, 3.8) is 0 Å². The quantitative estimate of drug-likeness (QED) is 0.448. The maximum absolute atomic E-state index is 12.5. The van der Waals surface area contributed by atoms with Gasteiger partial charge in [0.05, 0.1) is 0 Å². The number of rotatable bonds is 11. The van der Waals surface area contributed by atoms with Crippen LogP contribution in [0.2, 0.25) is 0 Å². The van der Waals surface area contributed by atoms with Gasteiger partial charge < -0.3 is 15.5 Å². The average molecular weight is 427 g/mol. The molecule has 1 atom stereocenters. The molecule has 0 saturated heterocycles. The first kappa shape index (κ1) is 24.4. The van der Waals surface area contributed by atoms with Gasteiger partial charge in [-0.3, -0.25) is 4.90 Å². The summed E-state index contributed by atoms with van der Waals surface area (Å²) < 4.78 is 0. The van der Waals surface area contributed by atoms with Crippen LogP contribution in [-0.2, 0) is 11.2 Å². The second-order valence-electron chi connectivity index (χ2n) is 8.21. The van der Waals surface area contributed by atoms with Gasteiger partial charge >= 0.3 is 12.0 Å². The molecule has 2 aromatic rings. The van der Waals surface area contributed by atoms with E-state index < -0.39 is 11.6 Å². The molecule has 1 unspecified atom stereocenters. The van der Waals surface area contributed by atoms with Crippen LogP contribution in [0, 0.1) is 0 Å². The SMILES string of the molecule is CCCCCCCNC(=O)N(C)c1cccc(-c2ccc(CC(C)(O)C(=O)O)cc2)c1. The minimum absolute atomic E-state index is 0.0318. The minimum atomic E-state index is -1.80. The Balaban J connectivity index is 1.99. The van der Waals surface area contributed by atoms with Gasteiger partial charge in [-0.15, -0.1) is 0 Å². The fraction of sp³-hybridized carbons (Fsp3) is 0.440. The molecule has 3 N–H and O–H groups in total. The number of hydrogen-bond acceptors (Lipinski definition) is 3. The maximum atomic E-state index is 12.5. The third kappa shape index (κ3) is 7.40. The second-order valence-corrected chi connectivity index (χ2v) is 8.21. The molecule has 0 spiro atoms. The Labute approximate surface area is 184 Å². The number of carboxylic acid groups (broad SMARTS) is 1. The molecule has 0 radical (unpaired) electrons. The summed E-state index contributed by atoms with van der Waals surface area (Å²) in [6.45, 7) is 4.15. The summed E-state index contributed by atoms with van der Waals surface area (Å²) in [6, 6.07) is 15.0. The van der Waals surface area contributed by atoms with E-state index in [-0.39, 0.29) is 12.5 Å². The molecule has 0 heterocycles. The number of carbonyl (C=O) groups excluding carboxylic acids is 1. The molecule has 0 aromatic heterocycles. The normalized spacial score (nSPS) is 12.8. The van der Waals surface area contributed by atoms with E-state index in [2.05, 4.69) is 12.2 Å². The topological polar surface area (TPSA) is 89.9 Å². The van der Waals surface area contributed by atoms with Crippen molar-refractivity contribution in [1.29, 1.82) is 0 Å². The van der Waals surface area contributed by atoms with Crippen LogP contribution >= 0.6 is 0 Å². The smallest absolute Gasteiger partial charge is 0.335 e. The fourth-order valence-corrected chi connectivity index (χ4v) is 3.34. The van der Waals surface area contributed by atoms with Gasteiger partial charge in [-0.1, -0.05) is 69.0 Å². The number of amides is 2. The number of nitrogens with zero attached hydrogens (tertiary/aromatic N) is 1. The highest BCUT2D eigenvalue weighted by Crippen LogP contribution is 2.25. The molecule has 0 saturated carbocycles. The minimum Gasteiger partial charge on any atom is -0.479 e. The van der Waals surface area contributed by atoms with E-state index in [0.29, 0.717) is 6.54 Å². The van der Waals surface area contributed by atoms with E-state index in [9.17, 15) is 14.7 Å². The van der Waals surface area contributed by atoms with E-state index in [1.807, 2.05) is 48.5 Å². The monoisotopic (exact) mass is 426 g/mol. The van der Waals surface area contributed by atoms with Crippen LogP contribution < -0.4 is 10.2 Å². The highest BCUT2D eigenvalue weighted by Gasteiger charge is 2.29. The summed E-state index contributed by atoms with van der Waals surface area (Å²) in [5.74, 6) is -1.24. The number of benzene rings is 2. The lowest BCUT2D eigenvalue weighted by molar-refractivity contribution is -0.156.